The van der Waals surface area contributed by atoms with Crippen molar-refractivity contribution in [3.63, 3.8) is 0 Å². The number of pyridine rings is 1. The van der Waals surface area contributed by atoms with Crippen molar-refractivity contribution in [3.05, 3.63) is 59.5 Å². The molecule has 2 aromatic rings. The summed E-state index contributed by atoms with van der Waals surface area (Å²) in [4.78, 5) is 4.31. The zero-order chi connectivity index (χ0) is 14.8. The first-order valence-electron chi connectivity index (χ1n) is 6.52. The van der Waals surface area contributed by atoms with Crippen molar-refractivity contribution in [1.29, 1.82) is 5.41 Å². The van der Waals surface area contributed by atoms with Gasteiger partial charge in [-0.3, -0.25) is 5.41 Å². The Labute approximate surface area is 121 Å². The first-order chi connectivity index (χ1) is 10.1. The minimum Gasteiger partial charge on any atom is -0.383 e. The van der Waals surface area contributed by atoms with Gasteiger partial charge < -0.3 is 5.73 Å². The normalized spacial score (nSPS) is 13.6. The fraction of sp³-hybridized carbons (Fsp3) is 0.133. The molecule has 3 N–H and O–H groups in total. The Morgan fingerprint density at radius 1 is 1.29 bits per heavy atom. The number of rotatable bonds is 3. The first-order valence-corrected chi connectivity index (χ1v) is 6.52. The van der Waals surface area contributed by atoms with E-state index in [0.29, 0.717) is 23.5 Å². The van der Waals surface area contributed by atoms with E-state index in [1.807, 2.05) is 12.1 Å². The van der Waals surface area contributed by atoms with Crippen molar-refractivity contribution < 1.29 is 4.39 Å². The molecule has 0 bridgehead atoms. The van der Waals surface area contributed by atoms with Gasteiger partial charge in [-0.15, -0.1) is 0 Å². The Balaban J connectivity index is 2.00. The number of hydrogen-bond acceptors (Lipinski definition) is 4. The van der Waals surface area contributed by atoms with Gasteiger partial charge in [0.05, 0.1) is 6.54 Å². The maximum absolute atomic E-state index is 13.8. The second-order valence-electron chi connectivity index (χ2n) is 4.77. The molecule has 0 unspecified atom stereocenters. The van der Waals surface area contributed by atoms with E-state index in [2.05, 4.69) is 10.1 Å². The van der Waals surface area contributed by atoms with Gasteiger partial charge in [-0.05, 0) is 12.1 Å². The van der Waals surface area contributed by atoms with Gasteiger partial charge in [0.2, 0.25) is 0 Å². The van der Waals surface area contributed by atoms with E-state index < -0.39 is 0 Å². The van der Waals surface area contributed by atoms with E-state index in [1.54, 1.807) is 29.4 Å². The van der Waals surface area contributed by atoms with Gasteiger partial charge in [0, 0.05) is 23.7 Å². The molecule has 0 spiro atoms. The lowest BCUT2D eigenvalue weighted by atomic mass is 10.1. The molecule has 1 aliphatic rings. The number of hydrogen-bond donors (Lipinski definition) is 2. The number of nitrogens with zero attached hydrogens (tertiary/aromatic N) is 3. The van der Waals surface area contributed by atoms with Gasteiger partial charge in [0.25, 0.3) is 0 Å². The van der Waals surface area contributed by atoms with Crippen molar-refractivity contribution in [2.45, 2.75) is 13.0 Å². The summed E-state index contributed by atoms with van der Waals surface area (Å²) >= 11 is 0. The summed E-state index contributed by atoms with van der Waals surface area (Å²) in [6.45, 7) is 0.244. The number of fused-ring (bicyclic) bond motifs is 1. The minimum absolute atomic E-state index is 0.0805. The molecule has 1 aromatic carbocycles. The molecule has 0 saturated carbocycles. The zero-order valence-corrected chi connectivity index (χ0v) is 11.3. The number of nitrogens with two attached hydrogens (primary N) is 1. The molecule has 0 aliphatic carbocycles. The summed E-state index contributed by atoms with van der Waals surface area (Å²) in [5.74, 6) is 0.300. The molecular weight excluding hydrogens is 269 g/mol. The van der Waals surface area contributed by atoms with Crippen molar-refractivity contribution in [1.82, 2.24) is 4.98 Å². The molecular formula is C15H14FN5. The highest BCUT2D eigenvalue weighted by Crippen LogP contribution is 2.25. The lowest BCUT2D eigenvalue weighted by Gasteiger charge is -2.26. The highest BCUT2D eigenvalue weighted by atomic mass is 19.1. The van der Waals surface area contributed by atoms with Crippen LogP contribution in [0.15, 0.2) is 47.7 Å². The largest absolute Gasteiger partial charge is 0.383 e. The number of amidine groups is 1. The topological polar surface area (TPSA) is 78.4 Å². The van der Waals surface area contributed by atoms with E-state index in [4.69, 9.17) is 11.1 Å². The number of nitrogens with one attached hydrogen (secondary N) is 1. The van der Waals surface area contributed by atoms with E-state index in [9.17, 15) is 4.39 Å². The Hall–Kier alpha value is -2.76. The van der Waals surface area contributed by atoms with Gasteiger partial charge in [-0.2, -0.15) is 5.10 Å². The molecule has 0 atom stereocenters. The smallest absolute Gasteiger partial charge is 0.152 e. The predicted molar refractivity (Wildman–Crippen MR) is 79.9 cm³/mol. The molecule has 2 heterocycles. The van der Waals surface area contributed by atoms with Crippen LogP contribution in [0.1, 0.15) is 11.1 Å². The molecule has 3 rings (SSSR count). The Morgan fingerprint density at radius 2 is 2.10 bits per heavy atom. The Bertz CT molecular complexity index is 726. The minimum atomic E-state index is -0.292. The van der Waals surface area contributed by atoms with E-state index >= 15 is 0 Å². The summed E-state index contributed by atoms with van der Waals surface area (Å²) < 4.78 is 13.8. The van der Waals surface area contributed by atoms with Gasteiger partial charge in [-0.25, -0.2) is 14.4 Å². The molecule has 1 aromatic heterocycles. The summed E-state index contributed by atoms with van der Waals surface area (Å²) in [5, 5.41) is 13.5. The van der Waals surface area contributed by atoms with Crippen LogP contribution in [0.5, 0.6) is 0 Å². The van der Waals surface area contributed by atoms with Crippen molar-refractivity contribution in [3.8, 4) is 0 Å². The number of benzene rings is 1. The summed E-state index contributed by atoms with van der Waals surface area (Å²) in [6, 6.07) is 10.3. The Morgan fingerprint density at radius 3 is 2.86 bits per heavy atom. The maximum Gasteiger partial charge on any atom is 0.152 e. The standard InChI is InChI=1S/C15H14FN5/c16-12-6-2-1-4-11(12)9-21-15-10(5-3-7-19-15)8-13(20-21)14(17)18/h1-7H,8-9H2,(H3,17,18). The van der Waals surface area contributed by atoms with Crippen LogP contribution in [0.2, 0.25) is 0 Å². The van der Waals surface area contributed by atoms with Crippen molar-refractivity contribution in [2.75, 3.05) is 5.01 Å². The van der Waals surface area contributed by atoms with Gasteiger partial charge in [0.15, 0.2) is 5.82 Å². The molecule has 1 aliphatic heterocycles. The third-order valence-corrected chi connectivity index (χ3v) is 3.30. The second kappa shape index (κ2) is 5.32. The van der Waals surface area contributed by atoms with E-state index in [-0.39, 0.29) is 18.2 Å². The van der Waals surface area contributed by atoms with E-state index in [1.165, 1.54) is 6.07 Å². The van der Waals surface area contributed by atoms with Crippen LogP contribution in [0.3, 0.4) is 0 Å². The molecule has 0 amide bonds. The molecule has 0 radical (unpaired) electrons. The second-order valence-corrected chi connectivity index (χ2v) is 4.77. The Kier molecular flexibility index (Phi) is 3.35. The number of hydrazone groups is 1. The third-order valence-electron chi connectivity index (χ3n) is 3.30. The fourth-order valence-electron chi connectivity index (χ4n) is 2.26. The predicted octanol–water partition coefficient (Wildman–Crippen LogP) is 2.08. The van der Waals surface area contributed by atoms with E-state index in [0.717, 1.165) is 5.56 Å². The molecule has 0 fully saturated rings. The van der Waals surface area contributed by atoms with Crippen LogP contribution in [0.4, 0.5) is 10.2 Å². The highest BCUT2D eigenvalue weighted by Gasteiger charge is 2.22. The number of anilines is 1. The average molecular weight is 283 g/mol. The lowest BCUT2D eigenvalue weighted by Crippen LogP contribution is -2.33. The average Bonchev–Trinajstić information content (AvgIpc) is 2.49. The lowest BCUT2D eigenvalue weighted by molar-refractivity contribution is 0.604. The molecule has 106 valence electrons. The number of aromatic nitrogens is 1. The highest BCUT2D eigenvalue weighted by molar-refractivity contribution is 6.40. The van der Waals surface area contributed by atoms with Crippen LogP contribution in [-0.4, -0.2) is 16.5 Å². The molecule has 5 nitrogen and oxygen atoms in total. The van der Waals surface area contributed by atoms with Crippen LogP contribution >= 0.6 is 0 Å². The maximum atomic E-state index is 13.8. The monoisotopic (exact) mass is 283 g/mol. The van der Waals surface area contributed by atoms with Gasteiger partial charge in [-0.1, -0.05) is 24.3 Å². The van der Waals surface area contributed by atoms with Crippen molar-refractivity contribution in [2.24, 2.45) is 10.8 Å². The SMILES string of the molecule is N=C(N)C1=NN(Cc2ccccc2F)c2ncccc2C1. The first kappa shape index (κ1) is 13.2. The van der Waals surface area contributed by atoms with Crippen LogP contribution in [-0.2, 0) is 13.0 Å². The molecule has 21 heavy (non-hydrogen) atoms. The molecule has 6 heteroatoms. The van der Waals surface area contributed by atoms with Crippen LogP contribution in [0.25, 0.3) is 0 Å². The number of halogens is 1. The van der Waals surface area contributed by atoms with Crippen LogP contribution < -0.4 is 10.7 Å². The summed E-state index contributed by atoms with van der Waals surface area (Å²) in [5.41, 5.74) is 7.45. The summed E-state index contributed by atoms with van der Waals surface area (Å²) in [6.07, 6.45) is 2.13. The fourth-order valence-corrected chi connectivity index (χ4v) is 2.26. The third kappa shape index (κ3) is 2.60. The molecule has 0 saturated heterocycles. The zero-order valence-electron chi connectivity index (χ0n) is 11.3. The van der Waals surface area contributed by atoms with Crippen molar-refractivity contribution >= 4 is 17.4 Å². The van der Waals surface area contributed by atoms with Crippen LogP contribution in [0, 0.1) is 11.2 Å². The summed E-state index contributed by atoms with van der Waals surface area (Å²) in [7, 11) is 0. The van der Waals surface area contributed by atoms with Gasteiger partial charge >= 0.3 is 0 Å². The van der Waals surface area contributed by atoms with Gasteiger partial charge in [0.1, 0.15) is 17.4 Å². The quantitative estimate of drug-likeness (QED) is 0.668.